The molecule has 0 saturated heterocycles. The number of hydrogen-bond acceptors (Lipinski definition) is 3. The lowest BCUT2D eigenvalue weighted by Crippen LogP contribution is -2.55. The van der Waals surface area contributed by atoms with Gasteiger partial charge in [-0.3, -0.25) is 14.4 Å². The van der Waals surface area contributed by atoms with Crippen LogP contribution in [0.5, 0.6) is 0 Å². The van der Waals surface area contributed by atoms with E-state index >= 15 is 0 Å². The first kappa shape index (κ1) is 14.8. The molecule has 2 atom stereocenters. The zero-order valence-electron chi connectivity index (χ0n) is 11.8. The first-order valence-electron chi connectivity index (χ1n) is 7.22. The summed E-state index contributed by atoms with van der Waals surface area (Å²) in [6.07, 6.45) is 3.50. The van der Waals surface area contributed by atoms with Crippen LogP contribution in [-0.2, 0) is 14.4 Å². The van der Waals surface area contributed by atoms with Gasteiger partial charge in [-0.15, -0.1) is 0 Å². The van der Waals surface area contributed by atoms with Crippen LogP contribution in [0.1, 0.15) is 45.4 Å². The standard InChI is InChI=1S/C14H22N2O4/c1-9-7-10(9)13(20)15-6-3-11(17)16-14(4-2-5-14)8-12(18)19/h9-10H,2-8H2,1H3,(H,15,20)(H,16,17)(H,18,19). The number of carbonyl (C=O) groups excluding carboxylic acids is 2. The third kappa shape index (κ3) is 3.71. The molecule has 0 aromatic heterocycles. The molecule has 0 heterocycles. The fourth-order valence-electron chi connectivity index (χ4n) is 2.72. The van der Waals surface area contributed by atoms with E-state index in [1.54, 1.807) is 0 Å². The number of carboxylic acids is 1. The maximum absolute atomic E-state index is 11.8. The summed E-state index contributed by atoms with van der Waals surface area (Å²) < 4.78 is 0. The Labute approximate surface area is 118 Å². The smallest absolute Gasteiger partial charge is 0.305 e. The minimum Gasteiger partial charge on any atom is -0.481 e. The molecule has 0 spiro atoms. The van der Waals surface area contributed by atoms with Crippen LogP contribution in [-0.4, -0.2) is 35.0 Å². The average molecular weight is 282 g/mol. The van der Waals surface area contributed by atoms with Gasteiger partial charge in [0.15, 0.2) is 0 Å². The summed E-state index contributed by atoms with van der Waals surface area (Å²) in [6.45, 7) is 2.35. The number of carbonyl (C=O) groups is 3. The van der Waals surface area contributed by atoms with Crippen molar-refractivity contribution < 1.29 is 19.5 Å². The predicted molar refractivity (Wildman–Crippen MR) is 71.9 cm³/mol. The second kappa shape index (κ2) is 5.81. The van der Waals surface area contributed by atoms with Crippen molar-refractivity contribution in [2.45, 2.75) is 51.0 Å². The summed E-state index contributed by atoms with van der Waals surface area (Å²) in [5, 5.41) is 14.4. The Morgan fingerprint density at radius 1 is 1.30 bits per heavy atom. The van der Waals surface area contributed by atoms with Gasteiger partial charge in [0.25, 0.3) is 0 Å². The summed E-state index contributed by atoms with van der Waals surface area (Å²) in [4.78, 5) is 34.2. The van der Waals surface area contributed by atoms with Crippen molar-refractivity contribution in [3.05, 3.63) is 0 Å². The molecule has 6 nitrogen and oxygen atoms in total. The normalized spacial score (nSPS) is 26.2. The van der Waals surface area contributed by atoms with Gasteiger partial charge in [0, 0.05) is 18.9 Å². The number of aliphatic carboxylic acids is 1. The molecule has 2 amide bonds. The first-order valence-corrected chi connectivity index (χ1v) is 7.22. The van der Waals surface area contributed by atoms with E-state index in [2.05, 4.69) is 10.6 Å². The van der Waals surface area contributed by atoms with E-state index in [0.29, 0.717) is 12.5 Å². The lowest BCUT2D eigenvalue weighted by atomic mass is 9.74. The second-order valence-corrected chi connectivity index (χ2v) is 6.11. The SMILES string of the molecule is CC1CC1C(=O)NCCC(=O)NC1(CC(=O)O)CCC1. The van der Waals surface area contributed by atoms with E-state index in [-0.39, 0.29) is 30.6 Å². The quantitative estimate of drug-likeness (QED) is 0.639. The number of hydrogen-bond donors (Lipinski definition) is 3. The van der Waals surface area contributed by atoms with Crippen LogP contribution in [0, 0.1) is 11.8 Å². The molecule has 2 saturated carbocycles. The molecule has 2 rings (SSSR count). The van der Waals surface area contributed by atoms with Crippen LogP contribution < -0.4 is 10.6 Å². The van der Waals surface area contributed by atoms with Gasteiger partial charge in [0.05, 0.1) is 12.0 Å². The number of amides is 2. The molecular weight excluding hydrogens is 260 g/mol. The largest absolute Gasteiger partial charge is 0.481 e. The molecule has 0 aromatic carbocycles. The Morgan fingerprint density at radius 2 is 1.95 bits per heavy atom. The molecule has 2 fully saturated rings. The van der Waals surface area contributed by atoms with E-state index in [1.165, 1.54) is 0 Å². The maximum atomic E-state index is 11.8. The molecule has 112 valence electrons. The molecule has 0 radical (unpaired) electrons. The maximum Gasteiger partial charge on any atom is 0.305 e. The van der Waals surface area contributed by atoms with E-state index in [4.69, 9.17) is 5.11 Å². The molecule has 0 aliphatic heterocycles. The van der Waals surface area contributed by atoms with Gasteiger partial charge >= 0.3 is 5.97 Å². The molecule has 2 unspecified atom stereocenters. The number of carboxylic acid groups (broad SMARTS) is 1. The summed E-state index contributed by atoms with van der Waals surface area (Å²) in [6, 6.07) is 0. The first-order chi connectivity index (χ1) is 9.42. The van der Waals surface area contributed by atoms with Crippen LogP contribution >= 0.6 is 0 Å². The number of rotatable bonds is 7. The average Bonchev–Trinajstić information content (AvgIpc) is 3.03. The molecule has 2 aliphatic rings. The predicted octanol–water partition coefficient (Wildman–Crippen LogP) is 0.662. The minimum absolute atomic E-state index is 0.0224. The van der Waals surface area contributed by atoms with E-state index < -0.39 is 11.5 Å². The Kier molecular flexibility index (Phi) is 4.30. The Bertz CT molecular complexity index is 417. The van der Waals surface area contributed by atoms with Gasteiger partial charge in [0.1, 0.15) is 0 Å². The van der Waals surface area contributed by atoms with Crippen molar-refractivity contribution in [2.24, 2.45) is 11.8 Å². The zero-order valence-corrected chi connectivity index (χ0v) is 11.8. The fraction of sp³-hybridized carbons (Fsp3) is 0.786. The summed E-state index contributed by atoms with van der Waals surface area (Å²) in [5.74, 6) is -0.481. The second-order valence-electron chi connectivity index (χ2n) is 6.11. The summed E-state index contributed by atoms with van der Waals surface area (Å²) in [5.41, 5.74) is -0.558. The van der Waals surface area contributed by atoms with Crippen molar-refractivity contribution in [2.75, 3.05) is 6.54 Å². The monoisotopic (exact) mass is 282 g/mol. The van der Waals surface area contributed by atoms with Crippen molar-refractivity contribution in [3.8, 4) is 0 Å². The zero-order chi connectivity index (χ0) is 14.8. The van der Waals surface area contributed by atoms with Gasteiger partial charge in [-0.1, -0.05) is 6.92 Å². The Balaban J connectivity index is 1.67. The third-order valence-electron chi connectivity index (χ3n) is 4.30. The van der Waals surface area contributed by atoms with Gasteiger partial charge in [0.2, 0.25) is 11.8 Å². The molecule has 20 heavy (non-hydrogen) atoms. The summed E-state index contributed by atoms with van der Waals surface area (Å²) in [7, 11) is 0. The lowest BCUT2D eigenvalue weighted by molar-refractivity contribution is -0.140. The topological polar surface area (TPSA) is 95.5 Å². The number of nitrogens with one attached hydrogen (secondary N) is 2. The third-order valence-corrected chi connectivity index (χ3v) is 4.30. The minimum atomic E-state index is -0.888. The molecule has 2 aliphatic carbocycles. The van der Waals surface area contributed by atoms with Crippen LogP contribution in [0.25, 0.3) is 0 Å². The molecule has 0 aromatic rings. The van der Waals surface area contributed by atoms with Gasteiger partial charge < -0.3 is 15.7 Å². The van der Waals surface area contributed by atoms with Gasteiger partial charge in [-0.25, -0.2) is 0 Å². The lowest BCUT2D eigenvalue weighted by Gasteiger charge is -2.41. The van der Waals surface area contributed by atoms with Crippen molar-refractivity contribution in [1.29, 1.82) is 0 Å². The molecule has 0 bridgehead atoms. The molecular formula is C14H22N2O4. The van der Waals surface area contributed by atoms with Crippen molar-refractivity contribution in [3.63, 3.8) is 0 Å². The van der Waals surface area contributed by atoms with Gasteiger partial charge in [-0.05, 0) is 31.6 Å². The van der Waals surface area contributed by atoms with Crippen LogP contribution in [0.15, 0.2) is 0 Å². The van der Waals surface area contributed by atoms with Crippen LogP contribution in [0.2, 0.25) is 0 Å². The van der Waals surface area contributed by atoms with Crippen LogP contribution in [0.3, 0.4) is 0 Å². The highest BCUT2D eigenvalue weighted by atomic mass is 16.4. The Morgan fingerprint density at radius 3 is 2.40 bits per heavy atom. The highest BCUT2D eigenvalue weighted by molar-refractivity contribution is 5.83. The van der Waals surface area contributed by atoms with E-state index in [0.717, 1.165) is 25.7 Å². The van der Waals surface area contributed by atoms with E-state index in [9.17, 15) is 14.4 Å². The summed E-state index contributed by atoms with van der Waals surface area (Å²) >= 11 is 0. The van der Waals surface area contributed by atoms with Crippen LogP contribution in [0.4, 0.5) is 0 Å². The van der Waals surface area contributed by atoms with Gasteiger partial charge in [-0.2, -0.15) is 0 Å². The highest BCUT2D eigenvalue weighted by Crippen LogP contribution is 2.37. The Hall–Kier alpha value is -1.59. The highest BCUT2D eigenvalue weighted by Gasteiger charge is 2.40. The van der Waals surface area contributed by atoms with Crippen molar-refractivity contribution in [1.82, 2.24) is 10.6 Å². The van der Waals surface area contributed by atoms with Crippen molar-refractivity contribution >= 4 is 17.8 Å². The van der Waals surface area contributed by atoms with E-state index in [1.807, 2.05) is 6.92 Å². The molecule has 3 N–H and O–H groups in total. The fourth-order valence-corrected chi connectivity index (χ4v) is 2.72. The molecule has 6 heteroatoms.